The first kappa shape index (κ1) is 13.9. The number of carboxylic acid groups (broad SMARTS) is 1. The van der Waals surface area contributed by atoms with Gasteiger partial charge >= 0.3 is 5.97 Å². The van der Waals surface area contributed by atoms with E-state index in [0.29, 0.717) is 11.3 Å². The Morgan fingerprint density at radius 2 is 2.32 bits per heavy atom. The average Bonchev–Trinajstić information content (AvgIpc) is 2.95. The summed E-state index contributed by atoms with van der Waals surface area (Å²) < 4.78 is 1.54. The summed E-state index contributed by atoms with van der Waals surface area (Å²) in [6, 6.07) is -0.741. The van der Waals surface area contributed by atoms with Crippen molar-refractivity contribution in [2.75, 3.05) is 5.75 Å². The third-order valence-corrected chi connectivity index (χ3v) is 4.46. The molecule has 0 bridgehead atoms. The van der Waals surface area contributed by atoms with E-state index in [9.17, 15) is 14.7 Å². The first-order valence-corrected chi connectivity index (χ1v) is 7.25. The lowest BCUT2D eigenvalue weighted by atomic mass is 10.2. The predicted octanol–water partition coefficient (Wildman–Crippen LogP) is 1.19. The van der Waals surface area contributed by atoms with Crippen LogP contribution in [0.1, 0.15) is 30.1 Å². The zero-order valence-corrected chi connectivity index (χ0v) is 11.8. The molecule has 1 fully saturated rings. The number of nitrogens with zero attached hydrogens (tertiary/aromatic N) is 3. The summed E-state index contributed by atoms with van der Waals surface area (Å²) >= 11 is 1.54. The van der Waals surface area contributed by atoms with Crippen LogP contribution in [0.2, 0.25) is 0 Å². The fraction of sp³-hybridized carbons (Fsp3) is 0.583. The van der Waals surface area contributed by atoms with Crippen LogP contribution in [0.3, 0.4) is 0 Å². The maximum Gasteiger partial charge on any atom is 0.327 e. The van der Waals surface area contributed by atoms with Crippen LogP contribution in [0.25, 0.3) is 0 Å². The molecule has 2 atom stereocenters. The summed E-state index contributed by atoms with van der Waals surface area (Å²) in [7, 11) is 1.73. The SMILES string of the molecule is CCCC1SCC(C(=O)O)N1C(=O)c1cnn(C)c1. The molecule has 0 aliphatic carbocycles. The first-order chi connectivity index (χ1) is 9.04. The summed E-state index contributed by atoms with van der Waals surface area (Å²) in [6.45, 7) is 2.03. The maximum atomic E-state index is 12.5. The topological polar surface area (TPSA) is 75.4 Å². The molecule has 104 valence electrons. The molecule has 2 rings (SSSR count). The monoisotopic (exact) mass is 283 g/mol. The average molecular weight is 283 g/mol. The van der Waals surface area contributed by atoms with Crippen LogP contribution in [-0.4, -0.2) is 48.8 Å². The molecule has 0 saturated carbocycles. The minimum atomic E-state index is -0.941. The number of aromatic nitrogens is 2. The first-order valence-electron chi connectivity index (χ1n) is 6.20. The molecule has 1 aliphatic heterocycles. The lowest BCUT2D eigenvalue weighted by Crippen LogP contribution is -2.45. The molecular weight excluding hydrogens is 266 g/mol. The van der Waals surface area contributed by atoms with Gasteiger partial charge in [-0.2, -0.15) is 5.10 Å². The van der Waals surface area contributed by atoms with Crippen LogP contribution in [0.5, 0.6) is 0 Å². The van der Waals surface area contributed by atoms with Gasteiger partial charge in [0.15, 0.2) is 0 Å². The molecule has 1 amide bonds. The van der Waals surface area contributed by atoms with Gasteiger partial charge in [-0.25, -0.2) is 4.79 Å². The summed E-state index contributed by atoms with van der Waals surface area (Å²) in [5.41, 5.74) is 0.442. The second kappa shape index (κ2) is 5.64. The second-order valence-electron chi connectivity index (χ2n) is 4.55. The van der Waals surface area contributed by atoms with E-state index >= 15 is 0 Å². The molecule has 1 aliphatic rings. The molecular formula is C12H17N3O3S. The van der Waals surface area contributed by atoms with Crippen molar-refractivity contribution in [3.05, 3.63) is 18.0 Å². The van der Waals surface area contributed by atoms with Crippen molar-refractivity contribution in [2.45, 2.75) is 31.2 Å². The summed E-state index contributed by atoms with van der Waals surface area (Å²) in [4.78, 5) is 25.2. The van der Waals surface area contributed by atoms with E-state index in [1.807, 2.05) is 6.92 Å². The summed E-state index contributed by atoms with van der Waals surface area (Å²) in [5.74, 6) is -0.737. The zero-order chi connectivity index (χ0) is 14.0. The molecule has 0 spiro atoms. The molecule has 1 saturated heterocycles. The van der Waals surface area contributed by atoms with Gasteiger partial charge in [-0.1, -0.05) is 13.3 Å². The minimum absolute atomic E-state index is 0.0567. The number of hydrogen-bond acceptors (Lipinski definition) is 4. The lowest BCUT2D eigenvalue weighted by Gasteiger charge is -2.26. The lowest BCUT2D eigenvalue weighted by molar-refractivity contribution is -0.141. The van der Waals surface area contributed by atoms with Crippen molar-refractivity contribution >= 4 is 23.6 Å². The normalized spacial score (nSPS) is 22.7. The Hall–Kier alpha value is -1.50. The van der Waals surface area contributed by atoms with E-state index < -0.39 is 12.0 Å². The van der Waals surface area contributed by atoms with Crippen molar-refractivity contribution in [1.29, 1.82) is 0 Å². The van der Waals surface area contributed by atoms with Gasteiger partial charge in [-0.15, -0.1) is 11.8 Å². The van der Waals surface area contributed by atoms with Crippen LogP contribution < -0.4 is 0 Å². The second-order valence-corrected chi connectivity index (χ2v) is 5.76. The largest absolute Gasteiger partial charge is 0.480 e. The third-order valence-electron chi connectivity index (χ3n) is 3.10. The standard InChI is InChI=1S/C12H17N3O3S/c1-3-4-10-15(9(7-19-10)12(17)18)11(16)8-5-13-14(2)6-8/h5-6,9-10H,3-4,7H2,1-2H3,(H,17,18). The molecule has 1 aromatic rings. The molecule has 7 heteroatoms. The highest BCUT2D eigenvalue weighted by atomic mass is 32.2. The molecule has 2 unspecified atom stereocenters. The van der Waals surface area contributed by atoms with Gasteiger partial charge in [-0.3, -0.25) is 9.48 Å². The van der Waals surface area contributed by atoms with Gasteiger partial charge in [0.25, 0.3) is 5.91 Å². The van der Waals surface area contributed by atoms with Crippen LogP contribution in [0.15, 0.2) is 12.4 Å². The molecule has 19 heavy (non-hydrogen) atoms. The Balaban J connectivity index is 2.25. The van der Waals surface area contributed by atoms with Gasteiger partial charge in [0, 0.05) is 19.0 Å². The van der Waals surface area contributed by atoms with Crippen molar-refractivity contribution < 1.29 is 14.7 Å². The Morgan fingerprint density at radius 3 is 2.84 bits per heavy atom. The van der Waals surface area contributed by atoms with E-state index in [4.69, 9.17) is 0 Å². The Labute approximate surface area is 115 Å². The van der Waals surface area contributed by atoms with Gasteiger partial charge in [0.1, 0.15) is 6.04 Å². The number of carbonyl (C=O) groups is 2. The van der Waals surface area contributed by atoms with Crippen LogP contribution in [-0.2, 0) is 11.8 Å². The highest BCUT2D eigenvalue weighted by molar-refractivity contribution is 8.00. The number of rotatable bonds is 4. The van der Waals surface area contributed by atoms with E-state index in [1.54, 1.807) is 17.9 Å². The van der Waals surface area contributed by atoms with Gasteiger partial charge in [0.05, 0.1) is 17.1 Å². The van der Waals surface area contributed by atoms with Crippen LogP contribution >= 0.6 is 11.8 Å². The molecule has 0 radical (unpaired) electrons. The van der Waals surface area contributed by atoms with Crippen LogP contribution in [0.4, 0.5) is 0 Å². The quantitative estimate of drug-likeness (QED) is 0.898. The number of carboxylic acids is 1. The zero-order valence-electron chi connectivity index (χ0n) is 10.9. The number of amides is 1. The predicted molar refractivity (Wildman–Crippen MR) is 72.0 cm³/mol. The molecule has 1 aromatic heterocycles. The molecule has 1 N–H and O–H groups in total. The smallest absolute Gasteiger partial charge is 0.327 e. The van der Waals surface area contributed by atoms with Gasteiger partial charge < -0.3 is 10.0 Å². The van der Waals surface area contributed by atoms with Gasteiger partial charge in [0.2, 0.25) is 0 Å². The van der Waals surface area contributed by atoms with Crippen molar-refractivity contribution in [3.8, 4) is 0 Å². The Morgan fingerprint density at radius 1 is 1.58 bits per heavy atom. The number of carbonyl (C=O) groups excluding carboxylic acids is 1. The Kier molecular flexibility index (Phi) is 4.14. The van der Waals surface area contributed by atoms with E-state index in [-0.39, 0.29) is 11.3 Å². The fourth-order valence-electron chi connectivity index (χ4n) is 2.18. The number of aliphatic carboxylic acids is 1. The maximum absolute atomic E-state index is 12.5. The van der Waals surface area contributed by atoms with Crippen molar-refractivity contribution in [1.82, 2.24) is 14.7 Å². The van der Waals surface area contributed by atoms with Gasteiger partial charge in [-0.05, 0) is 6.42 Å². The fourth-order valence-corrected chi connectivity index (χ4v) is 3.69. The summed E-state index contributed by atoms with van der Waals surface area (Å²) in [5, 5.41) is 13.2. The highest BCUT2D eigenvalue weighted by Gasteiger charge is 2.41. The third kappa shape index (κ3) is 2.75. The van der Waals surface area contributed by atoms with E-state index in [0.717, 1.165) is 12.8 Å². The number of hydrogen-bond donors (Lipinski definition) is 1. The van der Waals surface area contributed by atoms with E-state index in [1.165, 1.54) is 22.9 Å². The molecule has 6 nitrogen and oxygen atoms in total. The number of thioether (sulfide) groups is 1. The van der Waals surface area contributed by atoms with Crippen molar-refractivity contribution in [2.24, 2.45) is 7.05 Å². The molecule has 2 heterocycles. The van der Waals surface area contributed by atoms with Crippen molar-refractivity contribution in [3.63, 3.8) is 0 Å². The Bertz CT molecular complexity index is 488. The molecule has 0 aromatic carbocycles. The minimum Gasteiger partial charge on any atom is -0.480 e. The van der Waals surface area contributed by atoms with Crippen LogP contribution in [0, 0.1) is 0 Å². The van der Waals surface area contributed by atoms with E-state index in [2.05, 4.69) is 5.10 Å². The summed E-state index contributed by atoms with van der Waals surface area (Å²) in [6.07, 6.45) is 4.82. The highest BCUT2D eigenvalue weighted by Crippen LogP contribution is 2.33. The number of aryl methyl sites for hydroxylation is 1.